The van der Waals surface area contributed by atoms with Crippen molar-refractivity contribution in [3.05, 3.63) is 6.92 Å². The minimum absolute atomic E-state index is 0.851. The van der Waals surface area contributed by atoms with E-state index in [4.69, 9.17) is 4.84 Å². The highest BCUT2D eigenvalue weighted by atomic mass is 16.7. The average molecular weight is 128 g/mol. The fraction of sp³-hybridized carbons (Fsp3) is 0.857. The van der Waals surface area contributed by atoms with Crippen LogP contribution in [0, 0.1) is 6.92 Å². The molecule has 1 fully saturated rings. The van der Waals surface area contributed by atoms with Crippen LogP contribution in [-0.2, 0) is 4.84 Å². The zero-order chi connectivity index (χ0) is 6.53. The molecule has 0 atom stereocenters. The molecule has 9 heavy (non-hydrogen) atoms. The minimum Gasteiger partial charge on any atom is -0.299 e. The van der Waals surface area contributed by atoms with Crippen molar-refractivity contribution in [2.24, 2.45) is 0 Å². The van der Waals surface area contributed by atoms with Crippen LogP contribution in [0.3, 0.4) is 0 Å². The summed E-state index contributed by atoms with van der Waals surface area (Å²) in [5, 5.41) is 2.01. The summed E-state index contributed by atoms with van der Waals surface area (Å²) in [6.45, 7) is 6.82. The summed E-state index contributed by atoms with van der Waals surface area (Å²) in [5.74, 6) is 0. The summed E-state index contributed by atoms with van der Waals surface area (Å²) in [6.07, 6.45) is 3.36. The molecule has 1 aliphatic heterocycles. The molecule has 0 amide bonds. The van der Waals surface area contributed by atoms with Crippen LogP contribution in [0.1, 0.15) is 19.3 Å². The Bertz CT molecular complexity index is 71.3. The Balaban J connectivity index is 1.80. The molecule has 0 saturated carbocycles. The Hall–Kier alpha value is -0.0800. The number of unbranched alkanes of at least 4 members (excludes halogenated alkanes) is 1. The standard InChI is InChI=1S/C7H14NO/c1-2-3-7-9-8-5-4-6-8/h1-7H2. The lowest BCUT2D eigenvalue weighted by Gasteiger charge is -2.29. The zero-order valence-corrected chi connectivity index (χ0v) is 5.81. The van der Waals surface area contributed by atoms with Crippen molar-refractivity contribution < 1.29 is 4.84 Å². The maximum absolute atomic E-state index is 5.31. The van der Waals surface area contributed by atoms with E-state index in [0.29, 0.717) is 0 Å². The molecular weight excluding hydrogens is 114 g/mol. The van der Waals surface area contributed by atoms with Gasteiger partial charge in [-0.3, -0.25) is 4.84 Å². The number of hydrogen-bond acceptors (Lipinski definition) is 2. The third-order valence-corrected chi connectivity index (χ3v) is 1.48. The van der Waals surface area contributed by atoms with Gasteiger partial charge in [0.15, 0.2) is 0 Å². The summed E-state index contributed by atoms with van der Waals surface area (Å²) in [6, 6.07) is 0. The summed E-state index contributed by atoms with van der Waals surface area (Å²) in [5.41, 5.74) is 0. The van der Waals surface area contributed by atoms with Crippen molar-refractivity contribution in [1.29, 1.82) is 0 Å². The van der Waals surface area contributed by atoms with Gasteiger partial charge in [0, 0.05) is 13.1 Å². The molecule has 0 aliphatic carbocycles. The number of nitrogens with zero attached hydrogens (tertiary/aromatic N) is 1. The smallest absolute Gasteiger partial charge is 0.0685 e. The van der Waals surface area contributed by atoms with Gasteiger partial charge in [-0.15, -0.1) is 0 Å². The third-order valence-electron chi connectivity index (χ3n) is 1.48. The second-order valence-corrected chi connectivity index (χ2v) is 2.32. The van der Waals surface area contributed by atoms with Gasteiger partial charge in [-0.05, 0) is 12.8 Å². The van der Waals surface area contributed by atoms with Crippen molar-refractivity contribution >= 4 is 0 Å². The summed E-state index contributed by atoms with van der Waals surface area (Å²) in [4.78, 5) is 5.31. The Kier molecular flexibility index (Phi) is 3.01. The summed E-state index contributed by atoms with van der Waals surface area (Å²) >= 11 is 0. The highest BCUT2D eigenvalue weighted by Gasteiger charge is 2.12. The second kappa shape index (κ2) is 3.85. The van der Waals surface area contributed by atoms with Crippen molar-refractivity contribution in [2.75, 3.05) is 19.7 Å². The molecule has 0 aromatic heterocycles. The number of hydrogen-bond donors (Lipinski definition) is 0. The lowest BCUT2D eigenvalue weighted by molar-refractivity contribution is -0.196. The normalized spacial score (nSPS) is 19.7. The van der Waals surface area contributed by atoms with Crippen LogP contribution in [0.4, 0.5) is 0 Å². The molecule has 0 spiro atoms. The van der Waals surface area contributed by atoms with Crippen LogP contribution in [0.25, 0.3) is 0 Å². The molecule has 1 rings (SSSR count). The molecule has 1 aliphatic rings. The van der Waals surface area contributed by atoms with E-state index in [9.17, 15) is 0 Å². The Labute approximate surface area is 56.8 Å². The van der Waals surface area contributed by atoms with Crippen molar-refractivity contribution in [3.63, 3.8) is 0 Å². The van der Waals surface area contributed by atoms with Crippen molar-refractivity contribution in [3.8, 4) is 0 Å². The maximum Gasteiger partial charge on any atom is 0.0685 e. The van der Waals surface area contributed by atoms with E-state index in [-0.39, 0.29) is 0 Å². The second-order valence-electron chi connectivity index (χ2n) is 2.32. The fourth-order valence-corrected chi connectivity index (χ4v) is 0.712. The van der Waals surface area contributed by atoms with Crippen LogP contribution in [-0.4, -0.2) is 24.8 Å². The van der Waals surface area contributed by atoms with E-state index in [2.05, 4.69) is 6.92 Å². The van der Waals surface area contributed by atoms with Crippen LogP contribution < -0.4 is 0 Å². The summed E-state index contributed by atoms with van der Waals surface area (Å²) < 4.78 is 0. The van der Waals surface area contributed by atoms with E-state index < -0.39 is 0 Å². The van der Waals surface area contributed by atoms with E-state index in [1.165, 1.54) is 6.42 Å². The molecular formula is C7H14NO. The molecule has 1 radical (unpaired) electrons. The van der Waals surface area contributed by atoms with Crippen LogP contribution in [0.5, 0.6) is 0 Å². The topological polar surface area (TPSA) is 12.5 Å². The van der Waals surface area contributed by atoms with Gasteiger partial charge in [0.05, 0.1) is 6.61 Å². The number of rotatable bonds is 4. The lowest BCUT2D eigenvalue weighted by atomic mass is 10.3. The predicted octanol–water partition coefficient (Wildman–Crippen LogP) is 1.24. The van der Waals surface area contributed by atoms with E-state index >= 15 is 0 Å². The first-order valence-corrected chi connectivity index (χ1v) is 3.60. The molecule has 1 heterocycles. The minimum atomic E-state index is 0.851. The monoisotopic (exact) mass is 128 g/mol. The van der Waals surface area contributed by atoms with Gasteiger partial charge in [-0.2, -0.15) is 5.06 Å². The Morgan fingerprint density at radius 3 is 2.67 bits per heavy atom. The average Bonchev–Trinajstić information content (AvgIpc) is 1.76. The molecule has 0 aromatic rings. The van der Waals surface area contributed by atoms with Gasteiger partial charge in [0.25, 0.3) is 0 Å². The molecule has 1 saturated heterocycles. The highest BCUT2D eigenvalue weighted by molar-refractivity contribution is 4.58. The molecule has 0 N–H and O–H groups in total. The zero-order valence-electron chi connectivity index (χ0n) is 5.81. The highest BCUT2D eigenvalue weighted by Crippen LogP contribution is 2.05. The maximum atomic E-state index is 5.31. The lowest BCUT2D eigenvalue weighted by Crippen LogP contribution is -2.37. The first-order chi connectivity index (χ1) is 4.43. The van der Waals surface area contributed by atoms with Crippen LogP contribution in [0.15, 0.2) is 0 Å². The molecule has 2 heteroatoms. The predicted molar refractivity (Wildman–Crippen MR) is 36.7 cm³/mol. The van der Waals surface area contributed by atoms with E-state index in [1.807, 2.05) is 5.06 Å². The van der Waals surface area contributed by atoms with E-state index in [0.717, 1.165) is 32.5 Å². The molecule has 0 bridgehead atoms. The Morgan fingerprint density at radius 2 is 2.22 bits per heavy atom. The first kappa shape index (κ1) is 7.03. The first-order valence-electron chi connectivity index (χ1n) is 3.60. The third kappa shape index (κ3) is 2.33. The largest absolute Gasteiger partial charge is 0.299 e. The van der Waals surface area contributed by atoms with Gasteiger partial charge in [-0.1, -0.05) is 13.3 Å². The molecule has 2 nitrogen and oxygen atoms in total. The van der Waals surface area contributed by atoms with Crippen LogP contribution >= 0.6 is 0 Å². The van der Waals surface area contributed by atoms with Gasteiger partial charge < -0.3 is 0 Å². The van der Waals surface area contributed by atoms with Gasteiger partial charge in [0.2, 0.25) is 0 Å². The van der Waals surface area contributed by atoms with Crippen molar-refractivity contribution in [2.45, 2.75) is 19.3 Å². The Morgan fingerprint density at radius 1 is 1.44 bits per heavy atom. The molecule has 53 valence electrons. The molecule has 0 unspecified atom stereocenters. The van der Waals surface area contributed by atoms with Crippen molar-refractivity contribution in [1.82, 2.24) is 5.06 Å². The quantitative estimate of drug-likeness (QED) is 0.528. The van der Waals surface area contributed by atoms with Crippen LogP contribution in [0.2, 0.25) is 0 Å². The fourth-order valence-electron chi connectivity index (χ4n) is 0.712. The summed E-state index contributed by atoms with van der Waals surface area (Å²) in [7, 11) is 0. The van der Waals surface area contributed by atoms with Gasteiger partial charge >= 0.3 is 0 Å². The van der Waals surface area contributed by atoms with E-state index in [1.54, 1.807) is 0 Å². The number of hydroxylamine groups is 2. The molecule has 0 aromatic carbocycles. The SMILES string of the molecule is [CH2]CCCON1CCC1. The van der Waals surface area contributed by atoms with Gasteiger partial charge in [0.1, 0.15) is 0 Å². The van der Waals surface area contributed by atoms with Gasteiger partial charge in [-0.25, -0.2) is 0 Å².